The molecule has 0 unspecified atom stereocenters. The van der Waals surface area contributed by atoms with Crippen LogP contribution in [0.5, 0.6) is 0 Å². The molecule has 5 aliphatic rings. The first-order chi connectivity index (χ1) is 14.9. The fraction of sp³-hybridized carbons (Fsp3) is 0.692. The lowest BCUT2D eigenvalue weighted by atomic mass is 9.49. The van der Waals surface area contributed by atoms with Crippen molar-refractivity contribution in [1.82, 2.24) is 9.80 Å². The van der Waals surface area contributed by atoms with Gasteiger partial charge < -0.3 is 15.1 Å². The number of benzene rings is 1. The second-order valence-electron chi connectivity index (χ2n) is 11.2. The van der Waals surface area contributed by atoms with E-state index >= 15 is 0 Å². The third-order valence-electron chi connectivity index (χ3n) is 8.33. The second kappa shape index (κ2) is 8.23. The van der Waals surface area contributed by atoms with Gasteiger partial charge in [0.05, 0.1) is 0 Å². The molecule has 5 heteroatoms. The molecule has 4 fully saturated rings. The first-order valence-electron chi connectivity index (χ1n) is 12.3. The van der Waals surface area contributed by atoms with Crippen molar-refractivity contribution in [2.75, 3.05) is 39.0 Å². The van der Waals surface area contributed by atoms with Crippen molar-refractivity contribution in [2.45, 2.75) is 57.8 Å². The van der Waals surface area contributed by atoms with Gasteiger partial charge in [-0.1, -0.05) is 6.07 Å². The van der Waals surface area contributed by atoms with E-state index in [9.17, 15) is 9.59 Å². The highest BCUT2D eigenvalue weighted by molar-refractivity contribution is 6.00. The van der Waals surface area contributed by atoms with Crippen LogP contribution in [-0.2, 0) is 11.2 Å². The molecule has 2 amide bonds. The third kappa shape index (κ3) is 4.26. The van der Waals surface area contributed by atoms with Gasteiger partial charge >= 0.3 is 0 Å². The predicted octanol–water partition coefficient (Wildman–Crippen LogP) is 4.18. The summed E-state index contributed by atoms with van der Waals surface area (Å²) in [5.41, 5.74) is 2.89. The Hall–Kier alpha value is -1.88. The van der Waals surface area contributed by atoms with Crippen LogP contribution in [0.4, 0.5) is 5.69 Å². The van der Waals surface area contributed by atoms with Crippen LogP contribution < -0.4 is 5.32 Å². The molecule has 31 heavy (non-hydrogen) atoms. The summed E-state index contributed by atoms with van der Waals surface area (Å²) in [7, 11) is 4.12. The maximum Gasteiger partial charge on any atom is 0.254 e. The minimum atomic E-state index is 0.109. The fourth-order valence-corrected chi connectivity index (χ4v) is 7.52. The first kappa shape index (κ1) is 21.0. The van der Waals surface area contributed by atoms with Gasteiger partial charge in [-0.25, -0.2) is 0 Å². The van der Waals surface area contributed by atoms with Crippen LogP contribution in [-0.4, -0.2) is 55.3 Å². The van der Waals surface area contributed by atoms with Gasteiger partial charge in [0.15, 0.2) is 0 Å². The summed E-state index contributed by atoms with van der Waals surface area (Å²) >= 11 is 0. The highest BCUT2D eigenvalue weighted by atomic mass is 16.2. The molecule has 5 nitrogen and oxygen atoms in total. The molecular formula is C26H37N3O2. The molecular weight excluding hydrogens is 386 g/mol. The molecule has 4 saturated carbocycles. The Bertz CT molecular complexity index is 827. The van der Waals surface area contributed by atoms with E-state index in [0.717, 1.165) is 67.0 Å². The molecule has 0 saturated heterocycles. The van der Waals surface area contributed by atoms with Crippen LogP contribution in [0.15, 0.2) is 18.2 Å². The predicted molar refractivity (Wildman–Crippen MR) is 123 cm³/mol. The molecule has 0 atom stereocenters. The zero-order chi connectivity index (χ0) is 21.6. The Balaban J connectivity index is 1.25. The largest absolute Gasteiger partial charge is 0.338 e. The van der Waals surface area contributed by atoms with Gasteiger partial charge in [0.1, 0.15) is 0 Å². The number of fused-ring (bicyclic) bond motifs is 1. The van der Waals surface area contributed by atoms with E-state index in [1.807, 2.05) is 23.1 Å². The number of amides is 2. The van der Waals surface area contributed by atoms with Crippen molar-refractivity contribution in [3.63, 3.8) is 0 Å². The third-order valence-corrected chi connectivity index (χ3v) is 8.33. The van der Waals surface area contributed by atoms with E-state index in [1.54, 1.807) is 0 Å². The summed E-state index contributed by atoms with van der Waals surface area (Å²) in [4.78, 5) is 30.3. The van der Waals surface area contributed by atoms with E-state index in [2.05, 4.69) is 24.3 Å². The summed E-state index contributed by atoms with van der Waals surface area (Å²) < 4.78 is 0. The molecule has 1 aromatic carbocycles. The number of hydrogen-bond acceptors (Lipinski definition) is 3. The number of anilines is 1. The van der Waals surface area contributed by atoms with Crippen LogP contribution in [0, 0.1) is 23.2 Å². The molecule has 6 rings (SSSR count). The van der Waals surface area contributed by atoms with Crippen molar-refractivity contribution in [3.05, 3.63) is 29.3 Å². The number of rotatable bonds is 7. The van der Waals surface area contributed by atoms with Crippen molar-refractivity contribution >= 4 is 17.5 Å². The summed E-state index contributed by atoms with van der Waals surface area (Å²) in [6, 6.07) is 5.82. The van der Waals surface area contributed by atoms with E-state index in [4.69, 9.17) is 0 Å². The average molecular weight is 424 g/mol. The summed E-state index contributed by atoms with van der Waals surface area (Å²) in [6.07, 6.45) is 10.4. The normalized spacial score (nSPS) is 31.3. The Kier molecular flexibility index (Phi) is 5.58. The molecule has 4 aliphatic carbocycles. The summed E-state index contributed by atoms with van der Waals surface area (Å²) in [5, 5.41) is 3.22. The van der Waals surface area contributed by atoms with Crippen LogP contribution in [0.25, 0.3) is 0 Å². The van der Waals surface area contributed by atoms with Gasteiger partial charge in [-0.3, -0.25) is 9.59 Å². The van der Waals surface area contributed by atoms with Gasteiger partial charge in [0.25, 0.3) is 5.91 Å². The maximum atomic E-state index is 13.1. The van der Waals surface area contributed by atoms with E-state index in [1.165, 1.54) is 38.5 Å². The SMILES string of the molecule is CN(C)CCCN1CCc2c(NC(=O)CC34CC5CC(CC(C5)C3)C4)cccc2C1=O. The number of nitrogens with one attached hydrogen (secondary N) is 1. The topological polar surface area (TPSA) is 52.6 Å². The minimum absolute atomic E-state index is 0.109. The van der Waals surface area contributed by atoms with Crippen molar-refractivity contribution in [1.29, 1.82) is 0 Å². The van der Waals surface area contributed by atoms with Gasteiger partial charge in [0, 0.05) is 30.8 Å². The molecule has 1 heterocycles. The lowest BCUT2D eigenvalue weighted by molar-refractivity contribution is -0.124. The molecule has 0 radical (unpaired) electrons. The van der Waals surface area contributed by atoms with Gasteiger partial charge in [-0.2, -0.15) is 0 Å². The van der Waals surface area contributed by atoms with Crippen LogP contribution in [0.1, 0.15) is 67.3 Å². The quantitative estimate of drug-likeness (QED) is 0.716. The molecule has 1 aromatic rings. The molecule has 0 aromatic heterocycles. The van der Waals surface area contributed by atoms with Crippen LogP contribution in [0.2, 0.25) is 0 Å². The molecule has 1 N–H and O–H groups in total. The lowest BCUT2D eigenvalue weighted by Gasteiger charge is -2.56. The van der Waals surface area contributed by atoms with Gasteiger partial charge in [0.2, 0.25) is 5.91 Å². The zero-order valence-corrected chi connectivity index (χ0v) is 19.2. The van der Waals surface area contributed by atoms with E-state index in [-0.39, 0.29) is 17.2 Å². The standard InChI is InChI=1S/C26H37N3O2/c1-28(2)8-4-9-29-10-7-21-22(25(29)31)5-3-6-23(21)27-24(30)17-26-14-18-11-19(15-26)13-20(12-18)16-26/h3,5-6,18-20H,4,7-17H2,1-2H3,(H,27,30). The molecule has 168 valence electrons. The number of carbonyl (C=O) groups excluding carboxylic acids is 2. The molecule has 4 bridgehead atoms. The average Bonchev–Trinajstić information content (AvgIpc) is 2.68. The first-order valence-corrected chi connectivity index (χ1v) is 12.3. The Morgan fingerprint density at radius 2 is 1.81 bits per heavy atom. The smallest absolute Gasteiger partial charge is 0.254 e. The van der Waals surface area contributed by atoms with Crippen molar-refractivity contribution in [3.8, 4) is 0 Å². The van der Waals surface area contributed by atoms with Gasteiger partial charge in [-0.05, 0) is 113 Å². The van der Waals surface area contributed by atoms with Gasteiger partial charge in [-0.15, -0.1) is 0 Å². The maximum absolute atomic E-state index is 13.1. The van der Waals surface area contributed by atoms with Crippen LogP contribution in [0.3, 0.4) is 0 Å². The van der Waals surface area contributed by atoms with E-state index < -0.39 is 0 Å². The number of carbonyl (C=O) groups is 2. The Labute approximate surface area is 186 Å². The Morgan fingerprint density at radius 1 is 1.13 bits per heavy atom. The highest BCUT2D eigenvalue weighted by Gasteiger charge is 2.51. The zero-order valence-electron chi connectivity index (χ0n) is 19.2. The number of hydrogen-bond donors (Lipinski definition) is 1. The lowest BCUT2D eigenvalue weighted by Crippen LogP contribution is -2.47. The highest BCUT2D eigenvalue weighted by Crippen LogP contribution is 2.61. The second-order valence-corrected chi connectivity index (χ2v) is 11.2. The van der Waals surface area contributed by atoms with E-state index in [0.29, 0.717) is 6.42 Å². The molecule has 0 spiro atoms. The molecule has 1 aliphatic heterocycles. The van der Waals surface area contributed by atoms with Crippen molar-refractivity contribution < 1.29 is 9.59 Å². The minimum Gasteiger partial charge on any atom is -0.338 e. The monoisotopic (exact) mass is 423 g/mol. The Morgan fingerprint density at radius 3 is 2.45 bits per heavy atom. The van der Waals surface area contributed by atoms with Crippen LogP contribution >= 0.6 is 0 Å². The summed E-state index contributed by atoms with van der Waals surface area (Å²) in [6.45, 7) is 2.51. The fourth-order valence-electron chi connectivity index (χ4n) is 7.52. The summed E-state index contributed by atoms with van der Waals surface area (Å²) in [5.74, 6) is 2.84. The van der Waals surface area contributed by atoms with Crippen molar-refractivity contribution in [2.24, 2.45) is 23.2 Å². The number of nitrogens with zero attached hydrogens (tertiary/aromatic N) is 2.